The molecule has 18 rings (SSSR count). The first-order chi connectivity index (χ1) is 60.1. The van der Waals surface area contributed by atoms with Crippen LogP contribution in [-0.2, 0) is 33.0 Å². The van der Waals surface area contributed by atoms with Crippen LogP contribution in [0.2, 0.25) is 15.7 Å². The summed E-state index contributed by atoms with van der Waals surface area (Å²) >= 11 is 17.2. The summed E-state index contributed by atoms with van der Waals surface area (Å²) in [7, 11) is 1.00. The van der Waals surface area contributed by atoms with E-state index < -0.39 is 20.7 Å². The normalized spacial score (nSPS) is 12.9. The largest absolute Gasteiger partial charge is 0.400 e. The predicted octanol–water partition coefficient (Wildman–Crippen LogP) is 9.35. The van der Waals surface area contributed by atoms with Crippen molar-refractivity contribution < 1.29 is 57.2 Å². The third kappa shape index (κ3) is 25.9. The number of anilines is 7. The van der Waals surface area contributed by atoms with Gasteiger partial charge in [0.1, 0.15) is 59.2 Å². The minimum Gasteiger partial charge on any atom is -0.400 e. The molecule has 648 valence electrons. The van der Waals surface area contributed by atoms with Crippen LogP contribution in [0.4, 0.5) is 52.4 Å². The molecule has 0 amide bonds. The molecule has 13 heterocycles. The maximum atomic E-state index is 10.4. The second-order valence-electron chi connectivity index (χ2n) is 26.3. The van der Waals surface area contributed by atoms with Crippen LogP contribution < -0.4 is 32.3 Å². The average Bonchev–Trinajstić information content (AvgIpc) is 1.67. The van der Waals surface area contributed by atoms with Gasteiger partial charge >= 0.3 is 11.6 Å². The Bertz CT molecular complexity index is 6000. The molecule has 0 bridgehead atoms. The van der Waals surface area contributed by atoms with Crippen LogP contribution in [0.15, 0.2) is 239 Å². The van der Waals surface area contributed by atoms with E-state index in [0.717, 1.165) is 125 Å². The fourth-order valence-electron chi connectivity index (χ4n) is 11.7. The van der Waals surface area contributed by atoms with E-state index in [1.807, 2.05) is 141 Å². The highest BCUT2D eigenvalue weighted by Gasteiger charge is 2.28. The fraction of sp³-hybridized carbons (Fsp3) is 0.203. The third-order valence-electron chi connectivity index (χ3n) is 18.1. The molecule has 11 aromatic heterocycles. The number of rotatable bonds is 19. The smallest absolute Gasteiger partial charge is 0.388 e. The van der Waals surface area contributed by atoms with Crippen molar-refractivity contribution in [2.24, 2.45) is 0 Å². The van der Waals surface area contributed by atoms with Crippen LogP contribution in [0.1, 0.15) is 54.9 Å². The molecule has 16 aromatic rings. The molecule has 124 heavy (non-hydrogen) atoms. The summed E-state index contributed by atoms with van der Waals surface area (Å²) in [5, 5.41) is 122. The standard InChI is InChI=1S/C21H23N7O2.C16H13ClN6O.C10H9N3O3.C10H11N3O.C7H9NO.C6H3Cl2N3.C5H11NO.C3H2N4O4.CH4O.H2/c29-12-15-5-7-16(8-6-15)26-11-19(22-14-26)23-20-18-4-2-10-28(18)25-21(24-20)27-9-1-3-17(27)13-30;17-16-20-15(13-2-1-7-23(13)21-16)19-14-8-22(10-18-14)12-5-3-11(9-24)4-6-12;14-6-8-1-3-9(4-2-8)12-5-10(11-7-12)13(15)16;11-10-5-13(7-12-10)9-3-1-8(6-14)2-4-9;8-7-3-1-6(5-9)2-4-7;7-5-4-2-1-3-11(4)10-6(8)9-5;7-4-5-2-1-3-6-5;8-6(9)3-1-5(2-4-3)7(10)11;1-2;/h2,4-8,10-11,14,17,29-30H,1,3,9,12-13H2,(H,23,24,25);1-8,10,24H,9H2,(H,19,20,21);1-5,7,14H,6H2;1-5,7,14H,6,11H2;1-4,9H,5,8H2;1-3H;5-7H,1-4H2;1-2H;2H,1H3;1H/t17-;;;;;;5-;;;/m0.....0.../s1. The number of aliphatic hydroxyl groups is 8. The van der Waals surface area contributed by atoms with Gasteiger partial charge in [-0.05, 0) is 205 Å². The molecule has 2 aliphatic rings. The lowest BCUT2D eigenvalue weighted by Crippen LogP contribution is -2.34. The molecule has 0 saturated carbocycles. The number of nitrogens with zero attached hydrogens (tertiary/aromatic N) is 23. The van der Waals surface area contributed by atoms with Gasteiger partial charge < -0.3 is 107 Å². The second kappa shape index (κ2) is 45.9. The number of nitrogens with one attached hydrogen (secondary N) is 3. The van der Waals surface area contributed by atoms with E-state index in [-0.39, 0.29) is 63.5 Å². The Morgan fingerprint density at radius 3 is 1.28 bits per heavy atom. The van der Waals surface area contributed by atoms with Crippen molar-refractivity contribution in [3.8, 4) is 22.7 Å². The summed E-state index contributed by atoms with van der Waals surface area (Å²) in [6.45, 7) is 2.49. The van der Waals surface area contributed by atoms with E-state index in [9.17, 15) is 40.6 Å². The molecule has 0 aliphatic carbocycles. The maximum Gasteiger partial charge on any atom is 0.388 e. The molecule has 0 spiro atoms. The van der Waals surface area contributed by atoms with Gasteiger partial charge in [0.05, 0.1) is 70.9 Å². The number of benzene rings is 5. The van der Waals surface area contributed by atoms with Gasteiger partial charge in [-0.15, -0.1) is 15.3 Å². The molecule has 2 saturated heterocycles. The molecular weight excluding hydrogens is 1670 g/mol. The maximum absolute atomic E-state index is 10.4. The van der Waals surface area contributed by atoms with Gasteiger partial charge in [-0.2, -0.15) is 9.97 Å². The van der Waals surface area contributed by atoms with Gasteiger partial charge in [-0.3, -0.25) is 4.57 Å². The lowest BCUT2D eigenvalue weighted by Gasteiger charge is -2.23. The molecule has 2 atom stereocenters. The SMILES string of the molecule is CO.Clc1nc(Cl)c2cccn2n1.Nc1ccc(CO)cc1.Nc1cn(-c2ccc(CO)cc2)cn1.O=[N+]([O-])c1cn(-c2ccc(CO)cc2)cn1.O=[N+]([O-])c1cn([N+](=O)[O-])cn1.OC[C@@H]1CCCN1.OCc1ccc(-n2cnc(Nc3nc(Cl)nn4cccc34)c2)cc1.OCc1ccc(-n2cnc(Nc3nc(N4CCC[C@H]4CO)nn4cccc34)c2)cc1.[HH]. The highest BCUT2D eigenvalue weighted by molar-refractivity contribution is 6.34. The quantitative estimate of drug-likeness (QED) is 0.0203. The minimum atomic E-state index is -0.819. The number of fused-ring (bicyclic) bond motifs is 3. The minimum absolute atomic E-state index is 0. The fourth-order valence-corrected chi connectivity index (χ4v) is 12.3. The number of nitrogen functional groups attached to an aromatic ring is 2. The number of hydrogen-bond donors (Lipinski definition) is 13. The number of nitrogens with two attached hydrogens (primary N) is 2. The number of halogens is 3. The molecule has 2 fully saturated rings. The van der Waals surface area contributed by atoms with Gasteiger partial charge in [0, 0.05) is 68.2 Å². The molecule has 42 nitrogen and oxygen atoms in total. The van der Waals surface area contributed by atoms with Gasteiger partial charge in [-0.1, -0.05) is 72.3 Å². The van der Waals surface area contributed by atoms with E-state index in [1.54, 1.807) is 104 Å². The Hall–Kier alpha value is -14.3. The first kappa shape index (κ1) is 92.0. The first-order valence-corrected chi connectivity index (χ1v) is 38.6. The summed E-state index contributed by atoms with van der Waals surface area (Å²) in [6.07, 6.45) is 24.6. The lowest BCUT2D eigenvalue weighted by atomic mass is 10.2. The van der Waals surface area contributed by atoms with Crippen LogP contribution in [0.25, 0.3) is 39.3 Å². The number of hydrogen-bond acceptors (Lipinski definition) is 31. The zero-order valence-electron chi connectivity index (χ0n) is 66.0. The van der Waals surface area contributed by atoms with E-state index in [2.05, 4.69) is 71.0 Å². The Balaban J connectivity index is 0.000000168. The predicted molar refractivity (Wildman–Crippen MR) is 463 cm³/mol. The van der Waals surface area contributed by atoms with Crippen molar-refractivity contribution in [2.45, 2.75) is 70.8 Å². The lowest BCUT2D eigenvalue weighted by molar-refractivity contribution is -0.542. The summed E-state index contributed by atoms with van der Waals surface area (Å²) in [4.78, 5) is 63.3. The number of aromatic nitrogens is 19. The van der Waals surface area contributed by atoms with E-state index in [4.69, 9.17) is 81.9 Å². The Morgan fingerprint density at radius 1 is 0.468 bits per heavy atom. The van der Waals surface area contributed by atoms with Crippen molar-refractivity contribution >= 4 is 104 Å². The molecular formula is C79H87Cl3N28O14. The Kier molecular flexibility index (Phi) is 34.1. The van der Waals surface area contributed by atoms with E-state index in [1.165, 1.54) is 18.9 Å². The molecule has 0 radical (unpaired) electrons. The van der Waals surface area contributed by atoms with Crippen molar-refractivity contribution in [1.82, 2.24) is 97.0 Å². The second-order valence-corrected chi connectivity index (χ2v) is 27.3. The molecule has 2 aliphatic heterocycles. The first-order valence-electron chi connectivity index (χ1n) is 37.5. The summed E-state index contributed by atoms with van der Waals surface area (Å²) in [5.41, 5.74) is 22.0. The molecule has 45 heteroatoms. The van der Waals surface area contributed by atoms with Gasteiger partial charge in [-0.25, -0.2) is 43.6 Å². The zero-order valence-corrected chi connectivity index (χ0v) is 68.2. The van der Waals surface area contributed by atoms with Crippen molar-refractivity contribution in [3.05, 3.63) is 313 Å². The van der Waals surface area contributed by atoms with Crippen LogP contribution in [-0.4, -0.2) is 193 Å². The van der Waals surface area contributed by atoms with Crippen LogP contribution in [0.5, 0.6) is 0 Å². The van der Waals surface area contributed by atoms with Crippen LogP contribution >= 0.6 is 34.8 Å². The number of imidazole rings is 5. The monoisotopic (exact) mass is 1760 g/mol. The topological polar surface area (TPSA) is 562 Å². The van der Waals surface area contributed by atoms with Crippen LogP contribution in [0.3, 0.4) is 0 Å². The number of nitro groups is 3. The number of aliphatic hydroxyl groups excluding tert-OH is 8. The summed E-state index contributed by atoms with van der Waals surface area (Å²) in [5.74, 6) is 2.91. The van der Waals surface area contributed by atoms with Gasteiger partial charge in [0.25, 0.3) is 6.33 Å². The van der Waals surface area contributed by atoms with E-state index >= 15 is 0 Å². The average molecular weight is 1760 g/mol. The molecule has 0 unspecified atom stereocenters. The molecule has 5 aromatic carbocycles. The Labute approximate surface area is 721 Å². The van der Waals surface area contributed by atoms with E-state index in [0.29, 0.717) is 57.5 Å². The summed E-state index contributed by atoms with van der Waals surface area (Å²) in [6, 6.07) is 48.7. The molecule has 15 N–H and O–H groups in total. The highest BCUT2D eigenvalue weighted by Crippen LogP contribution is 2.29. The van der Waals surface area contributed by atoms with Crippen molar-refractivity contribution in [3.63, 3.8) is 0 Å². The van der Waals surface area contributed by atoms with Gasteiger partial charge in [0.15, 0.2) is 28.0 Å². The van der Waals surface area contributed by atoms with Crippen molar-refractivity contribution in [2.75, 3.05) is 60.4 Å². The third-order valence-corrected chi connectivity index (χ3v) is 18.7. The zero-order chi connectivity index (χ0) is 88.6. The van der Waals surface area contributed by atoms with Gasteiger partial charge in [0.2, 0.25) is 22.8 Å². The Morgan fingerprint density at radius 2 is 0.879 bits per heavy atom. The van der Waals surface area contributed by atoms with Crippen molar-refractivity contribution in [1.29, 1.82) is 0 Å². The highest BCUT2D eigenvalue weighted by atomic mass is 35.5. The van der Waals surface area contributed by atoms with Crippen LogP contribution in [0, 0.1) is 30.3 Å². The summed E-state index contributed by atoms with van der Waals surface area (Å²) < 4.78 is 12.6.